The summed E-state index contributed by atoms with van der Waals surface area (Å²) in [6.07, 6.45) is 3.23. The summed E-state index contributed by atoms with van der Waals surface area (Å²) in [6.45, 7) is 5.66. The molecule has 2 aromatic rings. The molecular formula is C11H13N3O. The van der Waals surface area contributed by atoms with E-state index < -0.39 is 5.41 Å². The molecule has 0 aliphatic carbocycles. The first kappa shape index (κ1) is 9.83. The van der Waals surface area contributed by atoms with Crippen molar-refractivity contribution in [1.82, 2.24) is 14.6 Å². The van der Waals surface area contributed by atoms with Crippen LogP contribution in [-0.4, -0.2) is 20.4 Å². The molecule has 0 aromatic carbocycles. The van der Waals surface area contributed by atoms with Gasteiger partial charge in [0, 0.05) is 11.6 Å². The highest BCUT2D eigenvalue weighted by atomic mass is 16.1. The maximum Gasteiger partial charge on any atom is 0.188 e. The molecule has 2 aromatic heterocycles. The van der Waals surface area contributed by atoms with E-state index in [-0.39, 0.29) is 5.78 Å². The summed E-state index contributed by atoms with van der Waals surface area (Å²) in [5, 5.41) is 4.11. The standard InChI is InChI=1S/C11H13N3O/c1-11(2,3)10(15)8-7-12-9-5-4-6-13-14(8)9/h4-7H,1-3H3. The van der Waals surface area contributed by atoms with Crippen molar-refractivity contribution in [3.05, 3.63) is 30.2 Å². The second kappa shape index (κ2) is 3.15. The van der Waals surface area contributed by atoms with Crippen molar-refractivity contribution in [2.24, 2.45) is 5.41 Å². The third-order valence-corrected chi connectivity index (χ3v) is 2.19. The molecule has 78 valence electrons. The largest absolute Gasteiger partial charge is 0.292 e. The van der Waals surface area contributed by atoms with Gasteiger partial charge in [0.1, 0.15) is 5.69 Å². The highest BCUT2D eigenvalue weighted by molar-refractivity contribution is 5.98. The Hall–Kier alpha value is -1.71. The van der Waals surface area contributed by atoms with Crippen molar-refractivity contribution in [3.63, 3.8) is 0 Å². The molecule has 0 unspecified atom stereocenters. The number of carbonyl (C=O) groups is 1. The van der Waals surface area contributed by atoms with E-state index in [0.29, 0.717) is 11.3 Å². The fourth-order valence-corrected chi connectivity index (χ4v) is 1.37. The monoisotopic (exact) mass is 203 g/mol. The number of Topliss-reactive ketones (excluding diaryl/α,β-unsaturated/α-hetero) is 1. The van der Waals surface area contributed by atoms with Gasteiger partial charge in [0.15, 0.2) is 11.4 Å². The van der Waals surface area contributed by atoms with Crippen LogP contribution in [-0.2, 0) is 0 Å². The Balaban J connectivity index is 2.58. The molecule has 4 nitrogen and oxygen atoms in total. The molecule has 0 bridgehead atoms. The average Bonchev–Trinajstić information content (AvgIpc) is 2.58. The Morgan fingerprint density at radius 3 is 2.80 bits per heavy atom. The van der Waals surface area contributed by atoms with E-state index in [9.17, 15) is 4.79 Å². The fraction of sp³-hybridized carbons (Fsp3) is 0.364. The van der Waals surface area contributed by atoms with E-state index in [1.807, 2.05) is 26.8 Å². The summed E-state index contributed by atoms with van der Waals surface area (Å²) in [4.78, 5) is 16.2. The van der Waals surface area contributed by atoms with Crippen LogP contribution >= 0.6 is 0 Å². The fourth-order valence-electron chi connectivity index (χ4n) is 1.37. The van der Waals surface area contributed by atoms with Gasteiger partial charge in [-0.25, -0.2) is 9.50 Å². The maximum atomic E-state index is 12.0. The van der Waals surface area contributed by atoms with Crippen LogP contribution in [0, 0.1) is 5.41 Å². The second-order valence-electron chi connectivity index (χ2n) is 4.52. The van der Waals surface area contributed by atoms with E-state index in [1.165, 1.54) is 0 Å². The van der Waals surface area contributed by atoms with Crippen molar-refractivity contribution in [2.45, 2.75) is 20.8 Å². The van der Waals surface area contributed by atoms with Crippen molar-refractivity contribution in [3.8, 4) is 0 Å². The van der Waals surface area contributed by atoms with E-state index in [2.05, 4.69) is 10.1 Å². The molecule has 15 heavy (non-hydrogen) atoms. The molecule has 0 atom stereocenters. The van der Waals surface area contributed by atoms with Crippen LogP contribution < -0.4 is 0 Å². The number of ketones is 1. The highest BCUT2D eigenvalue weighted by Crippen LogP contribution is 2.20. The Labute approximate surface area is 87.9 Å². The molecule has 0 spiro atoms. The number of carbonyl (C=O) groups excluding carboxylic acids is 1. The normalized spacial score (nSPS) is 11.9. The second-order valence-corrected chi connectivity index (χ2v) is 4.52. The number of imidazole rings is 1. The third-order valence-electron chi connectivity index (χ3n) is 2.19. The summed E-state index contributed by atoms with van der Waals surface area (Å²) in [6, 6.07) is 3.63. The minimum absolute atomic E-state index is 0.0497. The molecule has 0 amide bonds. The minimum atomic E-state index is -0.409. The number of rotatable bonds is 1. The van der Waals surface area contributed by atoms with Crippen LogP contribution in [0.25, 0.3) is 5.65 Å². The molecule has 0 saturated heterocycles. The Morgan fingerprint density at radius 2 is 2.13 bits per heavy atom. The molecule has 2 rings (SSSR count). The zero-order valence-electron chi connectivity index (χ0n) is 9.06. The van der Waals surface area contributed by atoms with Gasteiger partial charge in [0.05, 0.1) is 6.20 Å². The summed E-state index contributed by atoms with van der Waals surface area (Å²) in [7, 11) is 0. The highest BCUT2D eigenvalue weighted by Gasteiger charge is 2.26. The molecule has 0 saturated carbocycles. The minimum Gasteiger partial charge on any atom is -0.292 e. The van der Waals surface area contributed by atoms with E-state index in [0.717, 1.165) is 0 Å². The zero-order valence-corrected chi connectivity index (χ0v) is 9.06. The molecule has 0 radical (unpaired) electrons. The van der Waals surface area contributed by atoms with Crippen molar-refractivity contribution >= 4 is 11.4 Å². The van der Waals surface area contributed by atoms with Gasteiger partial charge in [-0.2, -0.15) is 5.10 Å². The predicted molar refractivity (Wildman–Crippen MR) is 56.8 cm³/mol. The first-order valence-electron chi connectivity index (χ1n) is 4.84. The van der Waals surface area contributed by atoms with E-state index >= 15 is 0 Å². The average molecular weight is 203 g/mol. The number of fused-ring (bicyclic) bond motifs is 1. The maximum absolute atomic E-state index is 12.0. The van der Waals surface area contributed by atoms with Gasteiger partial charge in [-0.05, 0) is 12.1 Å². The van der Waals surface area contributed by atoms with Crippen LogP contribution in [0.3, 0.4) is 0 Å². The molecule has 2 heterocycles. The van der Waals surface area contributed by atoms with Gasteiger partial charge >= 0.3 is 0 Å². The lowest BCUT2D eigenvalue weighted by Gasteiger charge is -2.15. The molecule has 0 N–H and O–H groups in total. The predicted octanol–water partition coefficient (Wildman–Crippen LogP) is 1.96. The van der Waals surface area contributed by atoms with Crippen LogP contribution in [0.5, 0.6) is 0 Å². The van der Waals surface area contributed by atoms with Gasteiger partial charge < -0.3 is 0 Å². The van der Waals surface area contributed by atoms with Gasteiger partial charge in [0.25, 0.3) is 0 Å². The number of hydrogen-bond acceptors (Lipinski definition) is 3. The molecular weight excluding hydrogens is 190 g/mol. The van der Waals surface area contributed by atoms with Crippen molar-refractivity contribution in [2.75, 3.05) is 0 Å². The molecule has 4 heteroatoms. The van der Waals surface area contributed by atoms with Crippen LogP contribution in [0.15, 0.2) is 24.5 Å². The lowest BCUT2D eigenvalue weighted by Crippen LogP contribution is -2.22. The van der Waals surface area contributed by atoms with Gasteiger partial charge in [-0.15, -0.1) is 0 Å². The van der Waals surface area contributed by atoms with Crippen LogP contribution in [0.4, 0.5) is 0 Å². The van der Waals surface area contributed by atoms with Crippen molar-refractivity contribution < 1.29 is 4.79 Å². The summed E-state index contributed by atoms with van der Waals surface area (Å²) in [5.41, 5.74) is 0.830. The number of hydrogen-bond donors (Lipinski definition) is 0. The number of nitrogens with zero attached hydrogens (tertiary/aromatic N) is 3. The molecule has 0 aliphatic heterocycles. The van der Waals surface area contributed by atoms with E-state index in [4.69, 9.17) is 0 Å². The smallest absolute Gasteiger partial charge is 0.188 e. The Morgan fingerprint density at radius 1 is 1.40 bits per heavy atom. The lowest BCUT2D eigenvalue weighted by molar-refractivity contribution is 0.0850. The van der Waals surface area contributed by atoms with Gasteiger partial charge in [-0.3, -0.25) is 4.79 Å². The van der Waals surface area contributed by atoms with Crippen molar-refractivity contribution in [1.29, 1.82) is 0 Å². The topological polar surface area (TPSA) is 47.3 Å². The summed E-state index contributed by atoms with van der Waals surface area (Å²) in [5.74, 6) is 0.0497. The Bertz CT molecular complexity index is 508. The van der Waals surface area contributed by atoms with Crippen LogP contribution in [0.2, 0.25) is 0 Å². The summed E-state index contributed by atoms with van der Waals surface area (Å²) < 4.78 is 1.58. The first-order chi connectivity index (χ1) is 7.00. The first-order valence-corrected chi connectivity index (χ1v) is 4.84. The lowest BCUT2D eigenvalue weighted by atomic mass is 9.89. The van der Waals surface area contributed by atoms with E-state index in [1.54, 1.807) is 23.0 Å². The quantitative estimate of drug-likeness (QED) is 0.665. The van der Waals surface area contributed by atoms with Gasteiger partial charge in [0.2, 0.25) is 0 Å². The molecule has 0 aliphatic rings. The SMILES string of the molecule is CC(C)(C)C(=O)c1cnc2cccnn12. The summed E-state index contributed by atoms with van der Waals surface area (Å²) >= 11 is 0. The zero-order chi connectivity index (χ0) is 11.1. The Kier molecular flexibility index (Phi) is 2.07. The van der Waals surface area contributed by atoms with Crippen LogP contribution in [0.1, 0.15) is 31.3 Å². The van der Waals surface area contributed by atoms with Gasteiger partial charge in [-0.1, -0.05) is 20.8 Å². The third kappa shape index (κ3) is 1.63. The molecule has 0 fully saturated rings. The number of aromatic nitrogens is 3.